The van der Waals surface area contributed by atoms with Crippen molar-refractivity contribution in [3.05, 3.63) is 35.9 Å². The number of hydrogen-bond donors (Lipinski definition) is 2. The van der Waals surface area contributed by atoms with Crippen LogP contribution in [0.25, 0.3) is 5.70 Å². The van der Waals surface area contributed by atoms with Crippen molar-refractivity contribution in [2.24, 2.45) is 10.7 Å². The van der Waals surface area contributed by atoms with E-state index in [9.17, 15) is 0 Å². The molecule has 0 unspecified atom stereocenters. The van der Waals surface area contributed by atoms with Crippen molar-refractivity contribution >= 4 is 17.2 Å². The highest BCUT2D eigenvalue weighted by molar-refractivity contribution is 6.04. The van der Waals surface area contributed by atoms with E-state index in [2.05, 4.69) is 4.99 Å². The largest absolute Gasteiger partial charge is 0.493 e. The van der Waals surface area contributed by atoms with Crippen LogP contribution < -0.4 is 10.5 Å². The van der Waals surface area contributed by atoms with Gasteiger partial charge in [0.2, 0.25) is 0 Å². The lowest BCUT2D eigenvalue weighted by Crippen LogP contribution is -2.04. The third-order valence-electron chi connectivity index (χ3n) is 2.21. The van der Waals surface area contributed by atoms with Gasteiger partial charge >= 0.3 is 0 Å². The van der Waals surface area contributed by atoms with E-state index in [0.29, 0.717) is 18.0 Å². The lowest BCUT2D eigenvalue weighted by molar-refractivity contribution is 0.339. The van der Waals surface area contributed by atoms with Gasteiger partial charge in [-0.2, -0.15) is 0 Å². The normalized spacial score (nSPS) is 12.4. The molecule has 18 heavy (non-hydrogen) atoms. The zero-order chi connectivity index (χ0) is 13.5. The molecule has 96 valence electrons. The molecule has 0 fully saturated rings. The molecule has 0 aliphatic heterocycles. The number of ether oxygens (including phenoxy) is 1. The first-order valence-electron chi connectivity index (χ1n) is 5.84. The Balaban J connectivity index is 3.06. The van der Waals surface area contributed by atoms with Gasteiger partial charge in [-0.25, -0.2) is 4.99 Å². The lowest BCUT2D eigenvalue weighted by atomic mass is 10.1. The number of nitrogens with zero attached hydrogens (tertiary/aromatic N) is 1. The van der Waals surface area contributed by atoms with Crippen LogP contribution in [0.5, 0.6) is 5.75 Å². The van der Waals surface area contributed by atoms with Crippen LogP contribution in [-0.2, 0) is 0 Å². The fraction of sp³-hybridized carbons (Fsp3) is 0.286. The molecule has 0 spiro atoms. The van der Waals surface area contributed by atoms with E-state index in [4.69, 9.17) is 15.9 Å². The minimum Gasteiger partial charge on any atom is -0.493 e. The van der Waals surface area contributed by atoms with Crippen LogP contribution >= 0.6 is 0 Å². The minimum atomic E-state index is 0.259. The predicted molar refractivity (Wildman–Crippen MR) is 76.3 cm³/mol. The number of aliphatic imine (C=N–C) groups is 1. The van der Waals surface area contributed by atoms with Crippen LogP contribution in [0.1, 0.15) is 26.3 Å². The summed E-state index contributed by atoms with van der Waals surface area (Å²) >= 11 is 0. The van der Waals surface area contributed by atoms with Crippen LogP contribution in [0, 0.1) is 5.41 Å². The first kappa shape index (κ1) is 14.0. The minimum absolute atomic E-state index is 0.259. The third-order valence-corrected chi connectivity index (χ3v) is 2.21. The number of rotatable bonds is 4. The number of amidine groups is 1. The molecule has 0 amide bonds. The molecular formula is C14H19N3O. The van der Waals surface area contributed by atoms with Crippen molar-refractivity contribution in [3.63, 3.8) is 0 Å². The molecule has 3 N–H and O–H groups in total. The molecule has 1 aromatic rings. The van der Waals surface area contributed by atoms with E-state index >= 15 is 0 Å². The third kappa shape index (κ3) is 4.05. The standard InChI is InChI=1S/C14H19N3O/c1-4-18-14-8-6-5-7-12(14)13(16)9-10(2)17-11(3)15/h5-9,15H,4,16H2,1-3H3. The Labute approximate surface area is 108 Å². The molecule has 0 bridgehead atoms. The van der Waals surface area contributed by atoms with Crippen molar-refractivity contribution in [1.29, 1.82) is 5.41 Å². The maximum atomic E-state index is 7.30. The number of nitrogens with two attached hydrogens (primary N) is 1. The van der Waals surface area contributed by atoms with Crippen LogP contribution in [0.15, 0.2) is 35.3 Å². The van der Waals surface area contributed by atoms with Crippen LogP contribution in [0.4, 0.5) is 0 Å². The van der Waals surface area contributed by atoms with E-state index in [1.54, 1.807) is 13.0 Å². The fourth-order valence-corrected chi connectivity index (χ4v) is 1.59. The molecule has 0 saturated carbocycles. The molecule has 0 saturated heterocycles. The SMILES string of the molecule is CCOc1ccccc1C(N)=CC(C)=NC(C)=N. The average Bonchev–Trinajstić information content (AvgIpc) is 2.28. The first-order valence-corrected chi connectivity index (χ1v) is 5.84. The van der Waals surface area contributed by atoms with Gasteiger partial charge in [-0.3, -0.25) is 5.41 Å². The van der Waals surface area contributed by atoms with Crippen molar-refractivity contribution in [2.45, 2.75) is 20.8 Å². The summed E-state index contributed by atoms with van der Waals surface area (Å²) in [6.07, 6.45) is 1.75. The Hall–Kier alpha value is -2.10. The van der Waals surface area contributed by atoms with Crippen LogP contribution in [-0.4, -0.2) is 18.2 Å². The summed E-state index contributed by atoms with van der Waals surface area (Å²) in [5.41, 5.74) is 8.16. The lowest BCUT2D eigenvalue weighted by Gasteiger charge is -2.10. The zero-order valence-electron chi connectivity index (χ0n) is 11.0. The van der Waals surface area contributed by atoms with Gasteiger partial charge in [0.1, 0.15) is 11.6 Å². The summed E-state index contributed by atoms with van der Waals surface area (Å²) in [6, 6.07) is 7.60. The molecule has 0 heterocycles. The van der Waals surface area contributed by atoms with Crippen molar-refractivity contribution in [1.82, 2.24) is 0 Å². The summed E-state index contributed by atoms with van der Waals surface area (Å²) in [6.45, 7) is 5.97. The molecule has 4 nitrogen and oxygen atoms in total. The summed E-state index contributed by atoms with van der Waals surface area (Å²) < 4.78 is 5.52. The van der Waals surface area contributed by atoms with Crippen molar-refractivity contribution in [3.8, 4) is 5.75 Å². The Bertz CT molecular complexity index is 490. The van der Waals surface area contributed by atoms with Crippen LogP contribution in [0.3, 0.4) is 0 Å². The molecule has 0 radical (unpaired) electrons. The monoisotopic (exact) mass is 245 g/mol. The van der Waals surface area contributed by atoms with Crippen molar-refractivity contribution in [2.75, 3.05) is 6.61 Å². The second-order valence-corrected chi connectivity index (χ2v) is 3.87. The number of benzene rings is 1. The second-order valence-electron chi connectivity index (χ2n) is 3.87. The molecule has 4 heteroatoms. The van der Waals surface area contributed by atoms with E-state index in [-0.39, 0.29) is 5.84 Å². The molecular weight excluding hydrogens is 226 g/mol. The molecule has 0 aromatic heterocycles. The van der Waals surface area contributed by atoms with Gasteiger partial charge < -0.3 is 10.5 Å². The predicted octanol–water partition coefficient (Wildman–Crippen LogP) is 2.84. The van der Waals surface area contributed by atoms with Gasteiger partial charge in [-0.1, -0.05) is 12.1 Å². The van der Waals surface area contributed by atoms with Gasteiger partial charge in [0.05, 0.1) is 6.61 Å². The van der Waals surface area contributed by atoms with E-state index in [0.717, 1.165) is 11.3 Å². The van der Waals surface area contributed by atoms with Gasteiger partial charge in [0.15, 0.2) is 0 Å². The van der Waals surface area contributed by atoms with Crippen LogP contribution in [0.2, 0.25) is 0 Å². The zero-order valence-corrected chi connectivity index (χ0v) is 11.0. The molecule has 1 aromatic carbocycles. The number of para-hydroxylation sites is 1. The van der Waals surface area contributed by atoms with Gasteiger partial charge in [0.25, 0.3) is 0 Å². The summed E-state index contributed by atoms with van der Waals surface area (Å²) in [5, 5.41) is 7.30. The van der Waals surface area contributed by atoms with E-state index in [1.165, 1.54) is 0 Å². The van der Waals surface area contributed by atoms with Gasteiger partial charge in [-0.15, -0.1) is 0 Å². The maximum Gasteiger partial charge on any atom is 0.128 e. The smallest absolute Gasteiger partial charge is 0.128 e. The fourth-order valence-electron chi connectivity index (χ4n) is 1.59. The molecule has 0 aliphatic carbocycles. The number of nitrogens with one attached hydrogen (secondary N) is 1. The van der Waals surface area contributed by atoms with Gasteiger partial charge in [-0.05, 0) is 39.0 Å². The summed E-state index contributed by atoms with van der Waals surface area (Å²) in [5.74, 6) is 1.02. The number of allylic oxidation sites excluding steroid dienone is 1. The maximum absolute atomic E-state index is 7.30. The van der Waals surface area contributed by atoms with Crippen molar-refractivity contribution < 1.29 is 4.74 Å². The average molecular weight is 245 g/mol. The number of hydrogen-bond acceptors (Lipinski definition) is 3. The van der Waals surface area contributed by atoms with E-state index in [1.807, 2.05) is 38.1 Å². The van der Waals surface area contributed by atoms with E-state index < -0.39 is 0 Å². The highest BCUT2D eigenvalue weighted by Crippen LogP contribution is 2.22. The highest BCUT2D eigenvalue weighted by atomic mass is 16.5. The summed E-state index contributed by atoms with van der Waals surface area (Å²) in [7, 11) is 0. The Morgan fingerprint density at radius 1 is 1.39 bits per heavy atom. The molecule has 1 rings (SSSR count). The Kier molecular flexibility index (Phi) is 5.11. The van der Waals surface area contributed by atoms with Gasteiger partial charge in [0, 0.05) is 17.0 Å². The summed E-state index contributed by atoms with van der Waals surface area (Å²) in [4.78, 5) is 4.02. The Morgan fingerprint density at radius 2 is 2.06 bits per heavy atom. The highest BCUT2D eigenvalue weighted by Gasteiger charge is 2.05. The molecule has 0 atom stereocenters. The Morgan fingerprint density at radius 3 is 2.67 bits per heavy atom. The molecule has 0 aliphatic rings. The quantitative estimate of drug-likeness (QED) is 0.632. The topological polar surface area (TPSA) is 71.5 Å². The first-order chi connectivity index (χ1) is 8.54. The second kappa shape index (κ2) is 6.59.